The molecule has 2 aromatic rings. The van der Waals surface area contributed by atoms with E-state index in [2.05, 4.69) is 21.7 Å². The van der Waals surface area contributed by atoms with E-state index in [-0.39, 0.29) is 11.4 Å². The van der Waals surface area contributed by atoms with E-state index >= 15 is 0 Å². The van der Waals surface area contributed by atoms with E-state index in [1.54, 1.807) is 29.1 Å². The second kappa shape index (κ2) is 6.43. The van der Waals surface area contributed by atoms with Crippen molar-refractivity contribution in [1.29, 1.82) is 0 Å². The highest BCUT2D eigenvalue weighted by atomic mass is 32.2. The van der Waals surface area contributed by atoms with Crippen molar-refractivity contribution in [3.8, 4) is 11.8 Å². The Bertz CT molecular complexity index is 785. The van der Waals surface area contributed by atoms with Crippen LogP contribution in [0.1, 0.15) is 12.5 Å². The first-order valence-electron chi connectivity index (χ1n) is 6.40. The Morgan fingerprint density at radius 1 is 1.38 bits per heavy atom. The van der Waals surface area contributed by atoms with Gasteiger partial charge in [0.1, 0.15) is 4.90 Å². The highest BCUT2D eigenvalue weighted by molar-refractivity contribution is 7.92. The number of hydrogen-bond acceptors (Lipinski definition) is 4. The highest BCUT2D eigenvalue weighted by Crippen LogP contribution is 2.18. The Morgan fingerprint density at radius 3 is 2.81 bits per heavy atom. The third kappa shape index (κ3) is 3.62. The van der Waals surface area contributed by atoms with Crippen molar-refractivity contribution in [2.45, 2.75) is 18.4 Å². The molecular weight excluding hydrogens is 288 g/mol. The summed E-state index contributed by atoms with van der Waals surface area (Å²) in [7, 11) is -3.72. The standard InChI is InChI=1S/C14H16N4O2S/c1-2-18-11-13(10-16-18)17-21(19,20)14-8-4-3-6-12(14)7-5-9-15/h3-4,6,8,10-11,17H,2,9,15H2,1H3. The number of anilines is 1. The molecule has 0 aliphatic carbocycles. The van der Waals surface area contributed by atoms with Gasteiger partial charge in [-0.25, -0.2) is 8.42 Å². The molecule has 7 heteroatoms. The molecule has 0 aliphatic heterocycles. The predicted molar refractivity (Wildman–Crippen MR) is 81.1 cm³/mol. The Kier molecular flexibility index (Phi) is 4.62. The minimum absolute atomic E-state index is 0.121. The van der Waals surface area contributed by atoms with Gasteiger partial charge in [-0.1, -0.05) is 24.0 Å². The summed E-state index contributed by atoms with van der Waals surface area (Å²) in [4.78, 5) is 0.121. The molecule has 0 bridgehead atoms. The van der Waals surface area contributed by atoms with Gasteiger partial charge in [-0.3, -0.25) is 9.40 Å². The number of sulfonamides is 1. The smallest absolute Gasteiger partial charge is 0.263 e. The van der Waals surface area contributed by atoms with Gasteiger partial charge in [-0.15, -0.1) is 0 Å². The number of aromatic nitrogens is 2. The lowest BCUT2D eigenvalue weighted by Gasteiger charge is -2.07. The minimum Gasteiger partial charge on any atom is -0.320 e. The van der Waals surface area contributed by atoms with Gasteiger partial charge >= 0.3 is 0 Å². The van der Waals surface area contributed by atoms with Crippen molar-refractivity contribution < 1.29 is 8.42 Å². The fraction of sp³-hybridized carbons (Fsp3) is 0.214. The molecule has 0 saturated carbocycles. The second-order valence-corrected chi connectivity index (χ2v) is 5.84. The molecule has 21 heavy (non-hydrogen) atoms. The van der Waals surface area contributed by atoms with Gasteiger partial charge in [0.2, 0.25) is 0 Å². The van der Waals surface area contributed by atoms with Crippen LogP contribution in [0.25, 0.3) is 0 Å². The average Bonchev–Trinajstić information content (AvgIpc) is 2.92. The molecule has 3 N–H and O–H groups in total. The van der Waals surface area contributed by atoms with Gasteiger partial charge in [0, 0.05) is 18.3 Å². The number of rotatable bonds is 4. The number of benzene rings is 1. The summed E-state index contributed by atoms with van der Waals surface area (Å²) in [6.07, 6.45) is 3.10. The second-order valence-electron chi connectivity index (χ2n) is 4.19. The number of nitrogens with two attached hydrogens (primary N) is 1. The molecular formula is C14H16N4O2S. The van der Waals surface area contributed by atoms with Crippen molar-refractivity contribution in [3.63, 3.8) is 0 Å². The van der Waals surface area contributed by atoms with Gasteiger partial charge in [0.05, 0.1) is 18.4 Å². The van der Waals surface area contributed by atoms with E-state index in [1.165, 1.54) is 12.3 Å². The van der Waals surface area contributed by atoms with E-state index in [0.717, 1.165) is 0 Å². The van der Waals surface area contributed by atoms with E-state index in [9.17, 15) is 8.42 Å². The average molecular weight is 304 g/mol. The van der Waals surface area contributed by atoms with Crippen molar-refractivity contribution in [3.05, 3.63) is 42.2 Å². The quantitative estimate of drug-likeness (QED) is 0.825. The molecule has 0 spiro atoms. The van der Waals surface area contributed by atoms with Crippen LogP contribution in [0, 0.1) is 11.8 Å². The zero-order valence-corrected chi connectivity index (χ0v) is 12.4. The van der Waals surface area contributed by atoms with E-state index < -0.39 is 10.0 Å². The maximum Gasteiger partial charge on any atom is 0.263 e. The normalized spacial score (nSPS) is 10.8. The maximum absolute atomic E-state index is 12.4. The summed E-state index contributed by atoms with van der Waals surface area (Å²) in [5, 5.41) is 4.03. The molecule has 0 aliphatic rings. The molecule has 0 atom stereocenters. The fourth-order valence-corrected chi connectivity index (χ4v) is 2.94. The highest BCUT2D eigenvalue weighted by Gasteiger charge is 2.18. The first-order valence-corrected chi connectivity index (χ1v) is 7.88. The van der Waals surface area contributed by atoms with Gasteiger partial charge in [-0.2, -0.15) is 5.10 Å². The Labute approximate surface area is 124 Å². The molecule has 6 nitrogen and oxygen atoms in total. The summed E-state index contributed by atoms with van der Waals surface area (Å²) in [5.41, 5.74) is 6.16. The topological polar surface area (TPSA) is 90.0 Å². The van der Waals surface area contributed by atoms with E-state index in [4.69, 9.17) is 5.73 Å². The molecule has 1 aromatic heterocycles. The minimum atomic E-state index is -3.72. The number of aryl methyl sites for hydroxylation is 1. The molecule has 2 rings (SSSR count). The lowest BCUT2D eigenvalue weighted by Crippen LogP contribution is -2.14. The molecule has 1 heterocycles. The zero-order valence-electron chi connectivity index (χ0n) is 11.6. The van der Waals surface area contributed by atoms with Gasteiger partial charge in [-0.05, 0) is 19.1 Å². The molecule has 110 valence electrons. The van der Waals surface area contributed by atoms with Crippen LogP contribution in [0.15, 0.2) is 41.6 Å². The van der Waals surface area contributed by atoms with Crippen LogP contribution >= 0.6 is 0 Å². The maximum atomic E-state index is 12.4. The predicted octanol–water partition coefficient (Wildman–Crippen LogP) is 1.01. The van der Waals surface area contributed by atoms with E-state index in [1.807, 2.05) is 6.92 Å². The Balaban J connectivity index is 2.35. The monoisotopic (exact) mass is 304 g/mol. The molecule has 0 unspecified atom stereocenters. The summed E-state index contributed by atoms with van der Waals surface area (Å²) >= 11 is 0. The SMILES string of the molecule is CCn1cc(NS(=O)(=O)c2ccccc2C#CCN)cn1. The first-order chi connectivity index (χ1) is 10.1. The van der Waals surface area contributed by atoms with Crippen LogP contribution in [0.2, 0.25) is 0 Å². The van der Waals surface area contributed by atoms with Gasteiger partial charge in [0.25, 0.3) is 10.0 Å². The van der Waals surface area contributed by atoms with Crippen LogP contribution in [-0.4, -0.2) is 24.7 Å². The Morgan fingerprint density at radius 2 is 2.14 bits per heavy atom. The zero-order chi connectivity index (χ0) is 15.3. The number of nitrogens with one attached hydrogen (secondary N) is 1. The molecule has 0 saturated heterocycles. The largest absolute Gasteiger partial charge is 0.320 e. The number of nitrogens with zero attached hydrogens (tertiary/aromatic N) is 2. The van der Waals surface area contributed by atoms with Crippen LogP contribution in [0.3, 0.4) is 0 Å². The molecule has 0 fully saturated rings. The summed E-state index contributed by atoms with van der Waals surface area (Å²) < 4.78 is 29.0. The van der Waals surface area contributed by atoms with Crippen LogP contribution in [0.5, 0.6) is 0 Å². The Hall–Kier alpha value is -2.30. The van der Waals surface area contributed by atoms with E-state index in [0.29, 0.717) is 17.8 Å². The van der Waals surface area contributed by atoms with Crippen molar-refractivity contribution in [2.24, 2.45) is 5.73 Å². The van der Waals surface area contributed by atoms with Gasteiger partial charge in [0.15, 0.2) is 0 Å². The third-order valence-electron chi connectivity index (χ3n) is 2.71. The molecule has 0 amide bonds. The summed E-state index contributed by atoms with van der Waals surface area (Å²) in [5.74, 6) is 5.43. The lowest BCUT2D eigenvalue weighted by molar-refractivity contribution is 0.601. The van der Waals surface area contributed by atoms with Crippen LogP contribution < -0.4 is 10.5 Å². The third-order valence-corrected chi connectivity index (χ3v) is 4.15. The molecule has 0 radical (unpaired) electrons. The number of hydrogen-bond donors (Lipinski definition) is 2. The molecule has 1 aromatic carbocycles. The summed E-state index contributed by atoms with van der Waals surface area (Å²) in [6, 6.07) is 6.53. The fourth-order valence-electron chi connectivity index (χ4n) is 1.75. The first kappa shape index (κ1) is 15.1. The lowest BCUT2D eigenvalue weighted by atomic mass is 10.2. The van der Waals surface area contributed by atoms with Gasteiger partial charge < -0.3 is 5.73 Å². The van der Waals surface area contributed by atoms with Crippen LogP contribution in [-0.2, 0) is 16.6 Å². The van der Waals surface area contributed by atoms with Crippen molar-refractivity contribution >= 4 is 15.7 Å². The van der Waals surface area contributed by atoms with Crippen LogP contribution in [0.4, 0.5) is 5.69 Å². The summed E-state index contributed by atoms with van der Waals surface area (Å²) in [6.45, 7) is 2.76. The van der Waals surface area contributed by atoms with Crippen molar-refractivity contribution in [2.75, 3.05) is 11.3 Å². The van der Waals surface area contributed by atoms with Crippen molar-refractivity contribution in [1.82, 2.24) is 9.78 Å².